The van der Waals surface area contributed by atoms with Crippen molar-refractivity contribution in [2.45, 2.75) is 20.3 Å². The van der Waals surface area contributed by atoms with Crippen LogP contribution >= 0.6 is 0 Å². The second kappa shape index (κ2) is 7.00. The van der Waals surface area contributed by atoms with Crippen LogP contribution in [-0.2, 0) is 11.2 Å². The first-order valence-electron chi connectivity index (χ1n) is 7.75. The van der Waals surface area contributed by atoms with Crippen LogP contribution in [0.15, 0.2) is 59.1 Å². The number of aryl methyl sites for hydroxylation is 2. The molecule has 0 aliphatic heterocycles. The van der Waals surface area contributed by atoms with E-state index in [9.17, 15) is 4.79 Å². The molecule has 0 fully saturated rings. The molecule has 3 aromatic rings. The van der Waals surface area contributed by atoms with E-state index in [1.807, 2.05) is 68.4 Å². The van der Waals surface area contributed by atoms with E-state index < -0.39 is 0 Å². The molecule has 3 rings (SSSR count). The summed E-state index contributed by atoms with van der Waals surface area (Å²) in [6.45, 7) is 3.85. The average molecular weight is 321 g/mol. The van der Waals surface area contributed by atoms with Crippen LogP contribution in [0.2, 0.25) is 0 Å². The van der Waals surface area contributed by atoms with E-state index in [2.05, 4.69) is 15.8 Å². The number of anilines is 3. The minimum absolute atomic E-state index is 0.0304. The number of benzene rings is 2. The molecule has 0 saturated heterocycles. The fraction of sp³-hybridized carbons (Fsp3) is 0.158. The highest BCUT2D eigenvalue weighted by molar-refractivity contribution is 5.92. The third-order valence-corrected chi connectivity index (χ3v) is 3.68. The van der Waals surface area contributed by atoms with Crippen LogP contribution in [0.3, 0.4) is 0 Å². The van der Waals surface area contributed by atoms with Crippen molar-refractivity contribution >= 4 is 23.1 Å². The van der Waals surface area contributed by atoms with Gasteiger partial charge in [0.2, 0.25) is 5.91 Å². The molecule has 0 aliphatic carbocycles. The number of aromatic nitrogens is 1. The van der Waals surface area contributed by atoms with E-state index in [4.69, 9.17) is 4.52 Å². The van der Waals surface area contributed by atoms with Crippen molar-refractivity contribution in [3.05, 3.63) is 71.5 Å². The van der Waals surface area contributed by atoms with E-state index in [-0.39, 0.29) is 5.91 Å². The van der Waals surface area contributed by atoms with Gasteiger partial charge in [-0.2, -0.15) is 0 Å². The van der Waals surface area contributed by atoms with Crippen LogP contribution < -0.4 is 10.6 Å². The lowest BCUT2D eigenvalue weighted by Crippen LogP contribution is -2.14. The van der Waals surface area contributed by atoms with Crippen LogP contribution in [0, 0.1) is 13.8 Å². The van der Waals surface area contributed by atoms with Gasteiger partial charge in [0.15, 0.2) is 5.82 Å². The Kier molecular flexibility index (Phi) is 4.61. The summed E-state index contributed by atoms with van der Waals surface area (Å²) in [6, 6.07) is 17.2. The molecule has 0 radical (unpaired) electrons. The second-order valence-electron chi connectivity index (χ2n) is 5.68. The largest absolute Gasteiger partial charge is 0.360 e. The molecule has 122 valence electrons. The first kappa shape index (κ1) is 15.8. The summed E-state index contributed by atoms with van der Waals surface area (Å²) in [7, 11) is 0. The van der Waals surface area contributed by atoms with E-state index in [0.717, 1.165) is 28.3 Å². The lowest BCUT2D eigenvalue weighted by atomic mass is 10.1. The number of amides is 1. The molecule has 1 aromatic heterocycles. The minimum atomic E-state index is -0.0304. The number of hydrogen-bond donors (Lipinski definition) is 2. The molecule has 0 aliphatic rings. The van der Waals surface area contributed by atoms with Gasteiger partial charge in [-0.05, 0) is 49.2 Å². The Morgan fingerprint density at radius 2 is 1.75 bits per heavy atom. The van der Waals surface area contributed by atoms with Crippen molar-refractivity contribution in [3.63, 3.8) is 0 Å². The Morgan fingerprint density at radius 3 is 2.42 bits per heavy atom. The van der Waals surface area contributed by atoms with E-state index in [1.165, 1.54) is 0 Å². The van der Waals surface area contributed by atoms with Gasteiger partial charge in [-0.15, -0.1) is 0 Å². The molecule has 0 spiro atoms. The molecule has 2 N–H and O–H groups in total. The SMILES string of the molecule is Cc1cc(Nc2ccc(NC(=O)Cc3ccccc3C)cc2)no1. The molecular weight excluding hydrogens is 302 g/mol. The zero-order valence-corrected chi connectivity index (χ0v) is 13.7. The maximum atomic E-state index is 12.2. The van der Waals surface area contributed by atoms with Gasteiger partial charge in [-0.25, -0.2) is 0 Å². The molecule has 1 amide bonds. The fourth-order valence-corrected chi connectivity index (χ4v) is 2.40. The van der Waals surface area contributed by atoms with Crippen molar-refractivity contribution in [3.8, 4) is 0 Å². The molecule has 24 heavy (non-hydrogen) atoms. The first-order chi connectivity index (χ1) is 11.6. The maximum absolute atomic E-state index is 12.2. The summed E-state index contributed by atoms with van der Waals surface area (Å²) >= 11 is 0. The van der Waals surface area contributed by atoms with Crippen molar-refractivity contribution in [1.29, 1.82) is 0 Å². The molecule has 0 bridgehead atoms. The van der Waals surface area contributed by atoms with Gasteiger partial charge >= 0.3 is 0 Å². The Bertz CT molecular complexity index is 838. The van der Waals surface area contributed by atoms with E-state index in [0.29, 0.717) is 12.2 Å². The fourth-order valence-electron chi connectivity index (χ4n) is 2.40. The third kappa shape index (κ3) is 4.01. The number of carbonyl (C=O) groups excluding carboxylic acids is 1. The highest BCUT2D eigenvalue weighted by Crippen LogP contribution is 2.19. The summed E-state index contributed by atoms with van der Waals surface area (Å²) in [4.78, 5) is 12.2. The van der Waals surface area contributed by atoms with Gasteiger partial charge in [0.1, 0.15) is 5.76 Å². The highest BCUT2D eigenvalue weighted by atomic mass is 16.5. The molecule has 1 heterocycles. The molecule has 0 unspecified atom stereocenters. The van der Waals surface area contributed by atoms with Gasteiger partial charge in [-0.3, -0.25) is 4.79 Å². The predicted molar refractivity (Wildman–Crippen MR) is 94.5 cm³/mol. The molecular formula is C19H19N3O2. The smallest absolute Gasteiger partial charge is 0.228 e. The van der Waals surface area contributed by atoms with Crippen molar-refractivity contribution in [2.75, 3.05) is 10.6 Å². The molecule has 0 saturated carbocycles. The second-order valence-corrected chi connectivity index (χ2v) is 5.68. The number of nitrogens with zero attached hydrogens (tertiary/aromatic N) is 1. The van der Waals surface area contributed by atoms with Crippen molar-refractivity contribution in [1.82, 2.24) is 5.16 Å². The van der Waals surface area contributed by atoms with Crippen LogP contribution in [0.25, 0.3) is 0 Å². The van der Waals surface area contributed by atoms with Crippen molar-refractivity contribution in [2.24, 2.45) is 0 Å². The minimum Gasteiger partial charge on any atom is -0.360 e. The predicted octanol–water partition coefficient (Wildman–Crippen LogP) is 4.22. The zero-order valence-electron chi connectivity index (χ0n) is 13.7. The lowest BCUT2D eigenvalue weighted by Gasteiger charge is -2.08. The summed E-state index contributed by atoms with van der Waals surface area (Å²) in [5.41, 5.74) is 3.79. The Hall–Kier alpha value is -3.08. The molecule has 2 aromatic carbocycles. The summed E-state index contributed by atoms with van der Waals surface area (Å²) in [6.07, 6.45) is 0.366. The lowest BCUT2D eigenvalue weighted by molar-refractivity contribution is -0.115. The number of nitrogens with one attached hydrogen (secondary N) is 2. The molecule has 0 atom stereocenters. The van der Waals surface area contributed by atoms with E-state index >= 15 is 0 Å². The Balaban J connectivity index is 1.59. The third-order valence-electron chi connectivity index (χ3n) is 3.68. The van der Waals surface area contributed by atoms with Crippen LogP contribution in [-0.4, -0.2) is 11.1 Å². The Morgan fingerprint density at radius 1 is 1.04 bits per heavy atom. The van der Waals surface area contributed by atoms with Crippen LogP contribution in [0.4, 0.5) is 17.2 Å². The highest BCUT2D eigenvalue weighted by Gasteiger charge is 2.06. The van der Waals surface area contributed by atoms with Gasteiger partial charge in [0.05, 0.1) is 6.42 Å². The summed E-state index contributed by atoms with van der Waals surface area (Å²) in [5, 5.41) is 9.93. The van der Waals surface area contributed by atoms with E-state index in [1.54, 1.807) is 0 Å². The molecule has 5 heteroatoms. The standard InChI is InChI=1S/C19H19N3O2/c1-13-5-3-4-6-15(13)12-19(23)21-17-9-7-16(8-10-17)20-18-11-14(2)24-22-18/h3-11H,12H2,1-2H3,(H,20,22)(H,21,23). The van der Waals surface area contributed by atoms with Crippen molar-refractivity contribution < 1.29 is 9.32 Å². The summed E-state index contributed by atoms with van der Waals surface area (Å²) < 4.78 is 5.01. The van der Waals surface area contributed by atoms with Crippen LogP contribution in [0.1, 0.15) is 16.9 Å². The van der Waals surface area contributed by atoms with Gasteiger partial charge in [0.25, 0.3) is 0 Å². The summed E-state index contributed by atoms with van der Waals surface area (Å²) in [5.74, 6) is 1.37. The van der Waals surface area contributed by atoms with Gasteiger partial charge < -0.3 is 15.2 Å². The van der Waals surface area contributed by atoms with Gasteiger partial charge in [-0.1, -0.05) is 29.4 Å². The zero-order chi connectivity index (χ0) is 16.9. The first-order valence-corrected chi connectivity index (χ1v) is 7.75. The number of rotatable bonds is 5. The quantitative estimate of drug-likeness (QED) is 0.738. The number of carbonyl (C=O) groups is 1. The number of hydrogen-bond acceptors (Lipinski definition) is 4. The topological polar surface area (TPSA) is 67.2 Å². The maximum Gasteiger partial charge on any atom is 0.228 e. The Labute approximate surface area is 140 Å². The average Bonchev–Trinajstić information content (AvgIpc) is 2.96. The van der Waals surface area contributed by atoms with Gasteiger partial charge in [0, 0.05) is 17.4 Å². The normalized spacial score (nSPS) is 10.4. The molecule has 5 nitrogen and oxygen atoms in total. The van der Waals surface area contributed by atoms with Crippen LogP contribution in [0.5, 0.6) is 0 Å². The monoisotopic (exact) mass is 321 g/mol.